The monoisotopic (exact) mass is 512 g/mol. The third-order valence-electron chi connectivity index (χ3n) is 4.91. The molecule has 2 heterocycles. The third kappa shape index (κ3) is 7.03. The number of aliphatic imine (C=N–C) groups is 1. The Bertz CT molecular complexity index is 1230. The highest BCUT2D eigenvalue weighted by Crippen LogP contribution is 2.31. The van der Waals surface area contributed by atoms with E-state index in [-0.39, 0.29) is 12.5 Å². The molecule has 0 saturated heterocycles. The number of amides is 1. The number of carbonyl (C=O) groups is 1. The largest absolute Gasteiger partial charge is 0.400 e. The van der Waals surface area contributed by atoms with Gasteiger partial charge in [-0.2, -0.15) is 0 Å². The zero-order valence-electron chi connectivity index (χ0n) is 19.0. The Hall–Kier alpha value is -2.93. The molecular weight excluding hydrogens is 487 g/mol. The van der Waals surface area contributed by atoms with E-state index in [2.05, 4.69) is 35.4 Å². The summed E-state index contributed by atoms with van der Waals surface area (Å²) in [7, 11) is 0. The molecule has 1 aromatic carbocycles. The van der Waals surface area contributed by atoms with E-state index in [1.54, 1.807) is 53.9 Å². The summed E-state index contributed by atoms with van der Waals surface area (Å²) in [5, 5.41) is 3.80. The molecule has 0 aliphatic heterocycles. The van der Waals surface area contributed by atoms with Crippen molar-refractivity contribution >= 4 is 57.9 Å². The van der Waals surface area contributed by atoms with E-state index < -0.39 is 0 Å². The Balaban J connectivity index is 1.93. The Morgan fingerprint density at radius 3 is 2.74 bits per heavy atom. The summed E-state index contributed by atoms with van der Waals surface area (Å²) in [5.41, 5.74) is 9.25. The van der Waals surface area contributed by atoms with Gasteiger partial charge in [0.1, 0.15) is 5.69 Å². The summed E-state index contributed by atoms with van der Waals surface area (Å²) < 4.78 is 0. The van der Waals surface area contributed by atoms with Crippen LogP contribution in [0.15, 0.2) is 77.1 Å². The van der Waals surface area contributed by atoms with Crippen LogP contribution in [0, 0.1) is 0 Å². The van der Waals surface area contributed by atoms with E-state index >= 15 is 0 Å². The molecule has 0 bridgehead atoms. The molecule has 0 radical (unpaired) electrons. The molecule has 3 N–H and O–H groups in total. The molecule has 5 nitrogen and oxygen atoms in total. The molecule has 8 heteroatoms. The molecular formula is C26H26Cl2N4OS. The van der Waals surface area contributed by atoms with E-state index in [1.165, 1.54) is 0 Å². The average Bonchev–Trinajstić information content (AvgIpc) is 3.30. The summed E-state index contributed by atoms with van der Waals surface area (Å²) >= 11 is 14.1. The zero-order valence-corrected chi connectivity index (χ0v) is 21.3. The van der Waals surface area contributed by atoms with Crippen molar-refractivity contribution in [2.45, 2.75) is 26.7 Å². The predicted molar refractivity (Wildman–Crippen MR) is 144 cm³/mol. The SMILES string of the molecule is CCC/C=C/c1ccc(C(=Nc2ccc(Cl)cc2Cl)C(C)=C(N)CNC(=O)c2ccccn2)s1. The lowest BCUT2D eigenvalue weighted by molar-refractivity contribution is 0.0952. The van der Waals surface area contributed by atoms with Crippen LogP contribution in [0.4, 0.5) is 5.69 Å². The highest BCUT2D eigenvalue weighted by atomic mass is 35.5. The van der Waals surface area contributed by atoms with Crippen molar-refractivity contribution < 1.29 is 4.79 Å². The number of unbranched alkanes of at least 4 members (excludes halogenated alkanes) is 1. The molecule has 0 saturated carbocycles. The maximum absolute atomic E-state index is 12.4. The third-order valence-corrected chi connectivity index (χ3v) is 6.51. The summed E-state index contributed by atoms with van der Waals surface area (Å²) in [6.07, 6.45) is 7.96. The minimum Gasteiger partial charge on any atom is -0.400 e. The lowest BCUT2D eigenvalue weighted by Gasteiger charge is -2.12. The first-order valence-corrected chi connectivity index (χ1v) is 12.4. The van der Waals surface area contributed by atoms with Crippen molar-refractivity contribution in [3.8, 4) is 0 Å². The first-order valence-electron chi connectivity index (χ1n) is 10.8. The van der Waals surface area contributed by atoms with Crippen molar-refractivity contribution in [3.05, 3.63) is 97.6 Å². The van der Waals surface area contributed by atoms with Gasteiger partial charge in [-0.25, -0.2) is 4.99 Å². The van der Waals surface area contributed by atoms with Gasteiger partial charge in [-0.3, -0.25) is 9.78 Å². The number of thiophene rings is 1. The molecule has 0 fully saturated rings. The van der Waals surface area contributed by atoms with E-state index in [4.69, 9.17) is 33.9 Å². The Morgan fingerprint density at radius 2 is 2.03 bits per heavy atom. The summed E-state index contributed by atoms with van der Waals surface area (Å²) in [6.45, 7) is 4.19. The summed E-state index contributed by atoms with van der Waals surface area (Å²) in [6, 6.07) is 14.4. The second-order valence-electron chi connectivity index (χ2n) is 7.50. The van der Waals surface area contributed by atoms with Gasteiger partial charge in [0.15, 0.2) is 0 Å². The molecule has 3 rings (SSSR count). The summed E-state index contributed by atoms with van der Waals surface area (Å²) in [5.74, 6) is -0.296. The highest BCUT2D eigenvalue weighted by molar-refractivity contribution is 7.15. The normalized spacial score (nSPS) is 12.6. The number of nitrogens with two attached hydrogens (primary N) is 1. The van der Waals surface area contributed by atoms with Gasteiger partial charge in [-0.05, 0) is 67.5 Å². The van der Waals surface area contributed by atoms with Crippen LogP contribution >= 0.6 is 34.5 Å². The van der Waals surface area contributed by atoms with Crippen LogP contribution in [0.25, 0.3) is 6.08 Å². The first kappa shape index (κ1) is 25.7. The van der Waals surface area contributed by atoms with Crippen LogP contribution in [0.1, 0.15) is 46.9 Å². The molecule has 0 atom stereocenters. The fourth-order valence-electron chi connectivity index (χ4n) is 3.00. The quantitative estimate of drug-likeness (QED) is 0.301. The Morgan fingerprint density at radius 1 is 1.21 bits per heavy atom. The van der Waals surface area contributed by atoms with Gasteiger partial charge in [0.05, 0.1) is 27.8 Å². The lowest BCUT2D eigenvalue weighted by atomic mass is 10.1. The Labute approximate surface area is 214 Å². The first-order chi connectivity index (χ1) is 16.4. The van der Waals surface area contributed by atoms with Crippen molar-refractivity contribution in [1.29, 1.82) is 0 Å². The van der Waals surface area contributed by atoms with Gasteiger partial charge in [-0.15, -0.1) is 11.3 Å². The number of nitrogens with one attached hydrogen (secondary N) is 1. The van der Waals surface area contributed by atoms with E-state index in [9.17, 15) is 4.79 Å². The van der Waals surface area contributed by atoms with Crippen LogP contribution in [0.2, 0.25) is 10.0 Å². The fraction of sp³-hybridized carbons (Fsp3) is 0.192. The van der Waals surface area contributed by atoms with E-state index in [1.807, 2.05) is 13.0 Å². The molecule has 34 heavy (non-hydrogen) atoms. The average molecular weight is 513 g/mol. The standard InChI is InChI=1S/C26H26Cl2N4OS/c1-3-4-5-8-19-11-13-24(34-19)25(32-22-12-10-18(27)15-20(22)28)17(2)21(29)16-31-26(33)23-9-6-7-14-30-23/h5-15H,3-4,16,29H2,1-2H3,(H,31,33)/b8-5+,21-17?,32-25?. The number of benzene rings is 1. The molecule has 0 spiro atoms. The molecule has 0 unspecified atom stereocenters. The zero-order chi connectivity index (χ0) is 24.5. The van der Waals surface area contributed by atoms with Gasteiger partial charge >= 0.3 is 0 Å². The number of pyridine rings is 1. The van der Waals surface area contributed by atoms with Crippen LogP contribution < -0.4 is 11.1 Å². The number of hydrogen-bond acceptors (Lipinski definition) is 5. The lowest BCUT2D eigenvalue weighted by Crippen LogP contribution is -2.29. The maximum atomic E-state index is 12.4. The molecule has 176 valence electrons. The van der Waals surface area contributed by atoms with Crippen molar-refractivity contribution in [1.82, 2.24) is 10.3 Å². The van der Waals surface area contributed by atoms with Crippen molar-refractivity contribution in [3.63, 3.8) is 0 Å². The number of allylic oxidation sites excluding steroid dienone is 2. The maximum Gasteiger partial charge on any atom is 0.270 e. The highest BCUT2D eigenvalue weighted by Gasteiger charge is 2.15. The Kier molecular flexibility index (Phi) is 9.45. The molecule has 2 aromatic heterocycles. The molecule has 0 aliphatic carbocycles. The van der Waals surface area contributed by atoms with Gasteiger partial charge in [0, 0.05) is 21.8 Å². The minimum atomic E-state index is -0.296. The second-order valence-corrected chi connectivity index (χ2v) is 9.46. The van der Waals surface area contributed by atoms with Crippen LogP contribution in [0.3, 0.4) is 0 Å². The van der Waals surface area contributed by atoms with E-state index in [0.29, 0.717) is 32.8 Å². The minimum absolute atomic E-state index is 0.156. The van der Waals surface area contributed by atoms with Crippen LogP contribution in [0.5, 0.6) is 0 Å². The van der Waals surface area contributed by atoms with Crippen molar-refractivity contribution in [2.24, 2.45) is 10.7 Å². The topological polar surface area (TPSA) is 80.4 Å². The van der Waals surface area contributed by atoms with E-state index in [0.717, 1.165) is 28.2 Å². The smallest absolute Gasteiger partial charge is 0.270 e. The van der Waals surface area contributed by atoms with Crippen LogP contribution in [-0.4, -0.2) is 23.1 Å². The molecule has 1 amide bonds. The molecule has 0 aliphatic rings. The van der Waals surface area contributed by atoms with Gasteiger partial charge in [-0.1, -0.05) is 48.7 Å². The number of nitrogens with zero attached hydrogens (tertiary/aromatic N) is 2. The number of halogens is 2. The van der Waals surface area contributed by atoms with Gasteiger partial charge in [0.25, 0.3) is 5.91 Å². The van der Waals surface area contributed by atoms with Crippen LogP contribution in [-0.2, 0) is 0 Å². The molecule has 3 aromatic rings. The fourth-order valence-corrected chi connectivity index (χ4v) is 4.44. The number of rotatable bonds is 9. The summed E-state index contributed by atoms with van der Waals surface area (Å²) in [4.78, 5) is 23.4. The number of hydrogen-bond donors (Lipinski definition) is 2. The second kappa shape index (κ2) is 12.5. The van der Waals surface area contributed by atoms with Gasteiger partial charge in [0.2, 0.25) is 0 Å². The predicted octanol–water partition coefficient (Wildman–Crippen LogP) is 7.05. The van der Waals surface area contributed by atoms with Crippen molar-refractivity contribution in [2.75, 3.05) is 6.54 Å². The number of carbonyl (C=O) groups excluding carboxylic acids is 1. The number of aromatic nitrogens is 1. The van der Waals surface area contributed by atoms with Gasteiger partial charge < -0.3 is 11.1 Å².